The summed E-state index contributed by atoms with van der Waals surface area (Å²) in [6.45, 7) is 1.62. The Balaban J connectivity index is 1.49. The zero-order valence-electron chi connectivity index (χ0n) is 16.7. The number of aliphatic hydroxyl groups excluding tert-OH is 2. The fourth-order valence-electron chi connectivity index (χ4n) is 4.27. The predicted octanol–water partition coefficient (Wildman–Crippen LogP) is 2.53. The second kappa shape index (κ2) is 9.31. The van der Waals surface area contributed by atoms with E-state index in [2.05, 4.69) is 10.0 Å². The lowest BCUT2D eigenvalue weighted by molar-refractivity contribution is -0.134. The Labute approximate surface area is 180 Å². The number of halogens is 1. The molecule has 2 aromatic rings. The number of aliphatic hydroxyl groups is 2. The summed E-state index contributed by atoms with van der Waals surface area (Å²) in [7, 11) is 0. The molecule has 0 radical (unpaired) electrons. The molecule has 30 heavy (non-hydrogen) atoms. The summed E-state index contributed by atoms with van der Waals surface area (Å²) < 4.78 is 5.59. The van der Waals surface area contributed by atoms with Crippen LogP contribution in [0.15, 0.2) is 52.2 Å². The average Bonchev–Trinajstić information content (AvgIpc) is 3.50. The lowest BCUT2D eigenvalue weighted by Gasteiger charge is -2.24. The Morgan fingerprint density at radius 3 is 2.67 bits per heavy atom. The Morgan fingerprint density at radius 2 is 2.00 bits per heavy atom. The molecule has 0 saturated carbocycles. The van der Waals surface area contributed by atoms with Gasteiger partial charge in [-0.15, -0.1) is 0 Å². The quantitative estimate of drug-likeness (QED) is 0.703. The van der Waals surface area contributed by atoms with Crippen LogP contribution in [0.3, 0.4) is 0 Å². The number of furan rings is 1. The van der Waals surface area contributed by atoms with Crippen molar-refractivity contribution in [3.63, 3.8) is 0 Å². The highest BCUT2D eigenvalue weighted by Gasteiger charge is 2.37. The molecule has 2 N–H and O–H groups in total. The van der Waals surface area contributed by atoms with E-state index in [-0.39, 0.29) is 43.5 Å². The molecule has 1 fully saturated rings. The summed E-state index contributed by atoms with van der Waals surface area (Å²) in [5.74, 6) is 0.671. The molecule has 2 aliphatic heterocycles. The number of carbonyl (C=O) groups is 1. The van der Waals surface area contributed by atoms with Gasteiger partial charge in [-0.3, -0.25) is 9.69 Å². The molecule has 2 aliphatic rings. The molecule has 8 heteroatoms. The van der Waals surface area contributed by atoms with Gasteiger partial charge in [0.05, 0.1) is 18.5 Å². The smallest absolute Gasteiger partial charge is 0.257 e. The first-order valence-electron chi connectivity index (χ1n) is 10.2. The zero-order valence-corrected chi connectivity index (χ0v) is 17.4. The van der Waals surface area contributed by atoms with Crippen LogP contribution in [0, 0.1) is 11.8 Å². The van der Waals surface area contributed by atoms with Gasteiger partial charge < -0.3 is 14.6 Å². The predicted molar refractivity (Wildman–Crippen MR) is 113 cm³/mol. The molecule has 2 atom stereocenters. The van der Waals surface area contributed by atoms with E-state index in [4.69, 9.17) is 16.0 Å². The van der Waals surface area contributed by atoms with Gasteiger partial charge in [-0.25, -0.2) is 5.01 Å². The third-order valence-corrected chi connectivity index (χ3v) is 6.27. The molecule has 0 aliphatic carbocycles. The number of hydrogen-bond acceptors (Lipinski definition) is 6. The fourth-order valence-corrected chi connectivity index (χ4v) is 4.40. The molecule has 1 saturated heterocycles. The Hall–Kier alpha value is -2.19. The van der Waals surface area contributed by atoms with Gasteiger partial charge in [0, 0.05) is 37.1 Å². The molecule has 0 spiro atoms. The summed E-state index contributed by atoms with van der Waals surface area (Å²) in [5, 5.41) is 25.7. The molecule has 1 amide bonds. The van der Waals surface area contributed by atoms with Crippen LogP contribution in [0.4, 0.5) is 0 Å². The molecule has 0 unspecified atom stereocenters. The first-order valence-corrected chi connectivity index (χ1v) is 10.6. The maximum absolute atomic E-state index is 13.2. The van der Waals surface area contributed by atoms with Crippen molar-refractivity contribution in [2.75, 3.05) is 32.8 Å². The summed E-state index contributed by atoms with van der Waals surface area (Å²) in [6.07, 6.45) is 3.04. The Kier molecular flexibility index (Phi) is 6.53. The molecule has 0 bridgehead atoms. The van der Waals surface area contributed by atoms with Crippen molar-refractivity contribution in [3.8, 4) is 0 Å². The van der Waals surface area contributed by atoms with Gasteiger partial charge in [-0.05, 0) is 48.7 Å². The zero-order chi connectivity index (χ0) is 21.1. The summed E-state index contributed by atoms with van der Waals surface area (Å²) in [6, 6.07) is 10.8. The molecular weight excluding hydrogens is 406 g/mol. The van der Waals surface area contributed by atoms with Gasteiger partial charge in [0.1, 0.15) is 11.8 Å². The first-order chi connectivity index (χ1) is 14.6. The van der Waals surface area contributed by atoms with Crippen molar-refractivity contribution in [1.29, 1.82) is 0 Å². The van der Waals surface area contributed by atoms with Gasteiger partial charge in [-0.2, -0.15) is 5.10 Å². The number of rotatable bonds is 7. The van der Waals surface area contributed by atoms with E-state index < -0.39 is 0 Å². The van der Waals surface area contributed by atoms with E-state index in [1.54, 1.807) is 6.26 Å². The Morgan fingerprint density at radius 1 is 1.23 bits per heavy atom. The monoisotopic (exact) mass is 431 g/mol. The summed E-state index contributed by atoms with van der Waals surface area (Å²) in [5.41, 5.74) is 1.75. The van der Waals surface area contributed by atoms with Crippen LogP contribution in [0.2, 0.25) is 5.02 Å². The van der Waals surface area contributed by atoms with Crippen LogP contribution in [-0.4, -0.2) is 64.6 Å². The second-order valence-electron chi connectivity index (χ2n) is 7.94. The van der Waals surface area contributed by atoms with Crippen LogP contribution in [0.25, 0.3) is 0 Å². The standard InChI is InChI=1S/C22H26ClN3O4/c23-18-5-3-15(4-6-18)19-10-20(21-2-1-9-30-21)26(24-19)22(29)12-25-8-7-16(11-25)17(13-27)14-28/h1-6,9,16-17,20,27-28H,7-8,10-14H2/t16-,20-/m0/s1. The van der Waals surface area contributed by atoms with E-state index >= 15 is 0 Å². The lowest BCUT2D eigenvalue weighted by atomic mass is 9.93. The van der Waals surface area contributed by atoms with Crippen LogP contribution in [0.1, 0.15) is 30.2 Å². The minimum atomic E-state index is -0.279. The molecule has 7 nitrogen and oxygen atoms in total. The van der Waals surface area contributed by atoms with Gasteiger partial charge in [0.2, 0.25) is 0 Å². The number of nitrogens with zero attached hydrogens (tertiary/aromatic N) is 3. The molecule has 4 rings (SSSR count). The SMILES string of the molecule is O=C(CN1CC[C@H](C(CO)CO)C1)N1N=C(c2ccc(Cl)cc2)C[C@H]1c1ccco1. The highest BCUT2D eigenvalue weighted by molar-refractivity contribution is 6.30. The molecule has 160 valence electrons. The van der Waals surface area contributed by atoms with Crippen molar-refractivity contribution in [1.82, 2.24) is 9.91 Å². The first kappa shape index (κ1) is 21.1. The minimum absolute atomic E-state index is 0.0373. The number of likely N-dealkylation sites (tertiary alicyclic amines) is 1. The third-order valence-electron chi connectivity index (χ3n) is 6.02. The van der Waals surface area contributed by atoms with E-state index in [1.165, 1.54) is 5.01 Å². The molecular formula is C22H26ClN3O4. The summed E-state index contributed by atoms with van der Waals surface area (Å²) in [4.78, 5) is 15.2. The maximum Gasteiger partial charge on any atom is 0.257 e. The van der Waals surface area contributed by atoms with Gasteiger partial charge in [0.25, 0.3) is 5.91 Å². The number of carbonyl (C=O) groups excluding carboxylic acids is 1. The van der Waals surface area contributed by atoms with Crippen LogP contribution >= 0.6 is 11.6 Å². The van der Waals surface area contributed by atoms with Crippen LogP contribution < -0.4 is 0 Å². The van der Waals surface area contributed by atoms with Gasteiger partial charge >= 0.3 is 0 Å². The number of amides is 1. The van der Waals surface area contributed by atoms with Gasteiger partial charge in [0.15, 0.2) is 0 Å². The van der Waals surface area contributed by atoms with E-state index in [0.717, 1.165) is 24.2 Å². The summed E-state index contributed by atoms with van der Waals surface area (Å²) >= 11 is 6.00. The normalized spacial score (nSPS) is 22.1. The fraction of sp³-hybridized carbons (Fsp3) is 0.455. The molecule has 1 aromatic heterocycles. The van der Waals surface area contributed by atoms with E-state index in [1.807, 2.05) is 36.4 Å². The average molecular weight is 432 g/mol. The largest absolute Gasteiger partial charge is 0.467 e. The molecule has 3 heterocycles. The van der Waals surface area contributed by atoms with E-state index in [9.17, 15) is 15.0 Å². The number of benzene rings is 1. The van der Waals surface area contributed by atoms with Crippen molar-refractivity contribution in [2.45, 2.75) is 18.9 Å². The van der Waals surface area contributed by atoms with Crippen LogP contribution in [-0.2, 0) is 4.79 Å². The lowest BCUT2D eigenvalue weighted by Crippen LogP contribution is -2.37. The maximum atomic E-state index is 13.2. The van der Waals surface area contributed by atoms with Crippen molar-refractivity contribution in [3.05, 3.63) is 59.0 Å². The number of hydrogen-bond donors (Lipinski definition) is 2. The second-order valence-corrected chi connectivity index (χ2v) is 8.37. The van der Waals surface area contributed by atoms with E-state index in [0.29, 0.717) is 23.7 Å². The highest BCUT2D eigenvalue weighted by Crippen LogP contribution is 2.34. The molecule has 1 aromatic carbocycles. The van der Waals surface area contributed by atoms with Crippen molar-refractivity contribution >= 4 is 23.2 Å². The van der Waals surface area contributed by atoms with Crippen molar-refractivity contribution in [2.24, 2.45) is 16.9 Å². The topological polar surface area (TPSA) is 89.5 Å². The minimum Gasteiger partial charge on any atom is -0.467 e. The number of hydrazone groups is 1. The highest BCUT2D eigenvalue weighted by atomic mass is 35.5. The Bertz CT molecular complexity index is 880. The van der Waals surface area contributed by atoms with Gasteiger partial charge in [-0.1, -0.05) is 23.7 Å². The third kappa shape index (κ3) is 4.44. The van der Waals surface area contributed by atoms with Crippen LogP contribution in [0.5, 0.6) is 0 Å². The van der Waals surface area contributed by atoms with Crippen molar-refractivity contribution < 1.29 is 19.4 Å².